The maximum atomic E-state index is 12.9. The number of aryl methyl sites for hydroxylation is 1. The van der Waals surface area contributed by atoms with Crippen molar-refractivity contribution in [1.82, 2.24) is 9.88 Å². The lowest BCUT2D eigenvalue weighted by molar-refractivity contribution is 0.0717. The molecule has 3 rings (SSSR count). The van der Waals surface area contributed by atoms with Gasteiger partial charge in [0, 0.05) is 24.5 Å². The van der Waals surface area contributed by atoms with E-state index in [2.05, 4.69) is 4.98 Å². The third-order valence-corrected chi connectivity index (χ3v) is 3.58. The summed E-state index contributed by atoms with van der Waals surface area (Å²) < 4.78 is 5.40. The Balaban J connectivity index is 1.86. The summed E-state index contributed by atoms with van der Waals surface area (Å²) in [6.45, 7) is 2.89. The van der Waals surface area contributed by atoms with Gasteiger partial charge in [-0.05, 0) is 42.8 Å². The molecule has 116 valence electrons. The van der Waals surface area contributed by atoms with Crippen LogP contribution in [0, 0.1) is 6.92 Å². The number of aromatic nitrogens is 1. The van der Waals surface area contributed by atoms with Gasteiger partial charge in [0.1, 0.15) is 5.76 Å². The van der Waals surface area contributed by atoms with Crippen molar-refractivity contribution >= 4 is 5.91 Å². The number of carbonyl (C=O) groups excluding carboxylic acids is 1. The van der Waals surface area contributed by atoms with Gasteiger partial charge in [-0.3, -0.25) is 9.78 Å². The third-order valence-electron chi connectivity index (χ3n) is 3.58. The molecule has 4 nitrogen and oxygen atoms in total. The van der Waals surface area contributed by atoms with Crippen LogP contribution in [0.2, 0.25) is 0 Å². The molecular formula is C19H18N2O2. The van der Waals surface area contributed by atoms with Gasteiger partial charge in [-0.2, -0.15) is 0 Å². The largest absolute Gasteiger partial charge is 0.467 e. The van der Waals surface area contributed by atoms with Gasteiger partial charge in [0.15, 0.2) is 0 Å². The van der Waals surface area contributed by atoms with Gasteiger partial charge in [0.25, 0.3) is 5.91 Å². The van der Waals surface area contributed by atoms with Gasteiger partial charge in [-0.25, -0.2) is 0 Å². The maximum Gasteiger partial charge on any atom is 0.254 e. The van der Waals surface area contributed by atoms with E-state index in [4.69, 9.17) is 4.42 Å². The van der Waals surface area contributed by atoms with Crippen LogP contribution in [-0.4, -0.2) is 15.8 Å². The van der Waals surface area contributed by atoms with Gasteiger partial charge in [-0.15, -0.1) is 0 Å². The molecule has 1 amide bonds. The predicted octanol–water partition coefficient (Wildman–Crippen LogP) is 3.83. The number of hydrogen-bond acceptors (Lipinski definition) is 3. The Labute approximate surface area is 135 Å². The van der Waals surface area contributed by atoms with E-state index in [1.807, 2.05) is 55.5 Å². The van der Waals surface area contributed by atoms with E-state index in [1.165, 1.54) is 0 Å². The minimum atomic E-state index is -0.0195. The summed E-state index contributed by atoms with van der Waals surface area (Å²) in [5, 5.41) is 0. The van der Waals surface area contributed by atoms with Crippen molar-refractivity contribution < 1.29 is 9.21 Å². The Morgan fingerprint density at radius 2 is 2.04 bits per heavy atom. The molecular weight excluding hydrogens is 288 g/mol. The third kappa shape index (κ3) is 3.86. The van der Waals surface area contributed by atoms with Crippen molar-refractivity contribution in [2.45, 2.75) is 20.0 Å². The number of nitrogens with zero attached hydrogens (tertiary/aromatic N) is 2. The minimum Gasteiger partial charge on any atom is -0.467 e. The van der Waals surface area contributed by atoms with Crippen molar-refractivity contribution in [3.05, 3.63) is 89.6 Å². The van der Waals surface area contributed by atoms with Gasteiger partial charge in [0.05, 0.1) is 12.8 Å². The Morgan fingerprint density at radius 3 is 2.74 bits per heavy atom. The lowest BCUT2D eigenvalue weighted by atomic mass is 10.1. The highest BCUT2D eigenvalue weighted by atomic mass is 16.3. The van der Waals surface area contributed by atoms with Crippen LogP contribution in [-0.2, 0) is 13.1 Å². The molecule has 0 unspecified atom stereocenters. The first kappa shape index (κ1) is 15.0. The quantitative estimate of drug-likeness (QED) is 0.720. The smallest absolute Gasteiger partial charge is 0.254 e. The molecule has 4 heteroatoms. The molecule has 0 aliphatic rings. The number of pyridine rings is 1. The first-order valence-corrected chi connectivity index (χ1v) is 7.49. The van der Waals surface area contributed by atoms with E-state index >= 15 is 0 Å². The number of furan rings is 1. The number of amides is 1. The summed E-state index contributed by atoms with van der Waals surface area (Å²) in [5.74, 6) is 0.740. The summed E-state index contributed by atoms with van der Waals surface area (Å²) >= 11 is 0. The van der Waals surface area contributed by atoms with E-state index in [1.54, 1.807) is 23.6 Å². The maximum absolute atomic E-state index is 12.9. The molecule has 0 fully saturated rings. The van der Waals surface area contributed by atoms with Crippen LogP contribution in [0.15, 0.2) is 71.6 Å². The van der Waals surface area contributed by atoms with Gasteiger partial charge < -0.3 is 9.32 Å². The molecule has 2 heterocycles. The molecule has 0 N–H and O–H groups in total. The standard InChI is InChI=1S/C19H18N2O2/c1-15-5-2-7-17(11-15)19(22)21(14-18-8-4-10-23-18)13-16-6-3-9-20-12-16/h2-12H,13-14H2,1H3. The zero-order chi connectivity index (χ0) is 16.1. The Morgan fingerprint density at radius 1 is 1.13 bits per heavy atom. The Kier molecular flexibility index (Phi) is 4.52. The van der Waals surface area contributed by atoms with Crippen molar-refractivity contribution in [2.24, 2.45) is 0 Å². The van der Waals surface area contributed by atoms with Gasteiger partial charge in [0.2, 0.25) is 0 Å². The van der Waals surface area contributed by atoms with Crippen molar-refractivity contribution in [3.63, 3.8) is 0 Å². The zero-order valence-corrected chi connectivity index (χ0v) is 13.0. The van der Waals surface area contributed by atoms with Crippen LogP contribution in [0.25, 0.3) is 0 Å². The van der Waals surface area contributed by atoms with Crippen molar-refractivity contribution in [2.75, 3.05) is 0 Å². The van der Waals surface area contributed by atoms with Gasteiger partial charge >= 0.3 is 0 Å². The predicted molar refractivity (Wildman–Crippen MR) is 87.7 cm³/mol. The Hall–Kier alpha value is -2.88. The van der Waals surface area contributed by atoms with E-state index in [9.17, 15) is 4.79 Å². The molecule has 0 saturated heterocycles. The number of rotatable bonds is 5. The highest BCUT2D eigenvalue weighted by molar-refractivity contribution is 5.94. The molecule has 0 saturated carbocycles. The van der Waals surface area contributed by atoms with E-state index in [0.29, 0.717) is 18.7 Å². The molecule has 0 bridgehead atoms. The second-order valence-corrected chi connectivity index (χ2v) is 5.47. The molecule has 0 atom stereocenters. The zero-order valence-electron chi connectivity index (χ0n) is 13.0. The fraction of sp³-hybridized carbons (Fsp3) is 0.158. The van der Waals surface area contributed by atoms with Crippen LogP contribution in [0.3, 0.4) is 0 Å². The summed E-state index contributed by atoms with van der Waals surface area (Å²) in [7, 11) is 0. The average Bonchev–Trinajstić information content (AvgIpc) is 3.08. The fourth-order valence-electron chi connectivity index (χ4n) is 2.46. The van der Waals surface area contributed by atoms with Crippen LogP contribution in [0.4, 0.5) is 0 Å². The molecule has 0 aliphatic carbocycles. The fourth-order valence-corrected chi connectivity index (χ4v) is 2.46. The minimum absolute atomic E-state index is 0.0195. The normalized spacial score (nSPS) is 10.5. The van der Waals surface area contributed by atoms with E-state index in [-0.39, 0.29) is 5.91 Å². The molecule has 0 radical (unpaired) electrons. The first-order chi connectivity index (χ1) is 11.2. The SMILES string of the molecule is Cc1cccc(C(=O)N(Cc2cccnc2)Cc2ccco2)c1. The molecule has 0 spiro atoms. The lowest BCUT2D eigenvalue weighted by Gasteiger charge is -2.22. The monoisotopic (exact) mass is 306 g/mol. The van der Waals surface area contributed by atoms with Crippen molar-refractivity contribution in [1.29, 1.82) is 0 Å². The van der Waals surface area contributed by atoms with Crippen LogP contribution in [0.5, 0.6) is 0 Å². The van der Waals surface area contributed by atoms with Crippen LogP contribution >= 0.6 is 0 Å². The summed E-state index contributed by atoms with van der Waals surface area (Å²) in [4.78, 5) is 18.8. The highest BCUT2D eigenvalue weighted by Gasteiger charge is 2.18. The summed E-state index contributed by atoms with van der Waals surface area (Å²) in [6, 6.07) is 15.2. The molecule has 3 aromatic rings. The van der Waals surface area contributed by atoms with Crippen molar-refractivity contribution in [3.8, 4) is 0 Å². The molecule has 23 heavy (non-hydrogen) atoms. The number of benzene rings is 1. The second-order valence-electron chi connectivity index (χ2n) is 5.47. The first-order valence-electron chi connectivity index (χ1n) is 7.49. The lowest BCUT2D eigenvalue weighted by Crippen LogP contribution is -2.30. The summed E-state index contributed by atoms with van der Waals surface area (Å²) in [6.07, 6.45) is 5.12. The molecule has 2 aromatic heterocycles. The number of carbonyl (C=O) groups is 1. The van der Waals surface area contributed by atoms with Crippen LogP contribution in [0.1, 0.15) is 27.2 Å². The molecule has 0 aliphatic heterocycles. The molecule has 1 aromatic carbocycles. The van der Waals surface area contributed by atoms with E-state index < -0.39 is 0 Å². The highest BCUT2D eigenvalue weighted by Crippen LogP contribution is 2.15. The van der Waals surface area contributed by atoms with Gasteiger partial charge in [-0.1, -0.05) is 23.8 Å². The average molecular weight is 306 g/mol. The van der Waals surface area contributed by atoms with Crippen LogP contribution < -0.4 is 0 Å². The van der Waals surface area contributed by atoms with E-state index in [0.717, 1.165) is 16.9 Å². The second kappa shape index (κ2) is 6.92. The topological polar surface area (TPSA) is 46.3 Å². The Bertz CT molecular complexity index is 767. The number of hydrogen-bond donors (Lipinski definition) is 0. The summed E-state index contributed by atoms with van der Waals surface area (Å²) in [5.41, 5.74) is 2.73.